The summed E-state index contributed by atoms with van der Waals surface area (Å²) in [4.78, 5) is 9.01. The minimum Gasteiger partial charge on any atom is -0.311 e. The molecule has 0 fully saturated rings. The quantitative estimate of drug-likeness (QED) is 0.646. The molecule has 6 nitrogen and oxygen atoms in total. The Morgan fingerprint density at radius 2 is 2.00 bits per heavy atom. The minimum absolute atomic E-state index is 0.269. The average Bonchev–Trinajstić information content (AvgIpc) is 2.45. The molecule has 0 aliphatic carbocycles. The molecular formula is C6H6N2O4S. The molecule has 0 radical (unpaired) electrons. The molecule has 2 rings (SSSR count). The van der Waals surface area contributed by atoms with Crippen molar-refractivity contribution >= 4 is 15.9 Å². The van der Waals surface area contributed by atoms with Crippen LogP contribution < -0.4 is 14.5 Å². The van der Waals surface area contributed by atoms with Gasteiger partial charge in [-0.25, -0.2) is 5.14 Å². The van der Waals surface area contributed by atoms with Gasteiger partial charge in [0.2, 0.25) is 0 Å². The first-order valence-electron chi connectivity index (χ1n) is 3.36. The Kier molecular flexibility index (Phi) is 1.65. The topological polar surface area (TPSA) is 81.9 Å². The van der Waals surface area contributed by atoms with Crippen LogP contribution in [0, 0.1) is 0 Å². The van der Waals surface area contributed by atoms with Gasteiger partial charge in [-0.15, -0.1) is 0 Å². The molecule has 0 aromatic heterocycles. The molecule has 1 aliphatic heterocycles. The minimum atomic E-state index is -3.93. The van der Waals surface area contributed by atoms with Crippen LogP contribution in [0.1, 0.15) is 0 Å². The van der Waals surface area contributed by atoms with Gasteiger partial charge in [0.15, 0.2) is 5.75 Å². The Hall–Kier alpha value is -1.31. The number of nitrogens with two attached hydrogens (primary N) is 1. The number of nitrogens with zero attached hydrogens (tertiary/aromatic N) is 1. The fraction of sp³-hybridized carbons (Fsp3) is 0. The second-order valence-corrected chi connectivity index (χ2v) is 3.76. The largest absolute Gasteiger partial charge is 0.324 e. The van der Waals surface area contributed by atoms with Crippen molar-refractivity contribution in [2.24, 2.45) is 5.14 Å². The monoisotopic (exact) mass is 202 g/mol. The van der Waals surface area contributed by atoms with Gasteiger partial charge in [-0.2, -0.15) is 8.42 Å². The van der Waals surface area contributed by atoms with E-state index in [4.69, 9.17) is 5.14 Å². The first-order valence-corrected chi connectivity index (χ1v) is 4.86. The predicted molar refractivity (Wildman–Crippen MR) is 43.7 cm³/mol. The highest BCUT2D eigenvalue weighted by Crippen LogP contribution is 2.34. The number of benzene rings is 1. The maximum Gasteiger partial charge on any atom is 0.324 e. The first kappa shape index (κ1) is 8.30. The molecule has 2 N–H and O–H groups in total. The van der Waals surface area contributed by atoms with Gasteiger partial charge in [0.05, 0.1) is 0 Å². The molecule has 0 saturated carbocycles. The molecule has 0 bridgehead atoms. The van der Waals surface area contributed by atoms with Gasteiger partial charge in [-0.3, -0.25) is 0 Å². The molecule has 0 amide bonds. The number of anilines is 1. The van der Waals surface area contributed by atoms with Gasteiger partial charge in [-0.1, -0.05) is 16.6 Å². The van der Waals surface area contributed by atoms with Crippen molar-refractivity contribution in [2.75, 3.05) is 4.47 Å². The van der Waals surface area contributed by atoms with Crippen LogP contribution in [0.2, 0.25) is 0 Å². The van der Waals surface area contributed by atoms with E-state index < -0.39 is 10.2 Å². The van der Waals surface area contributed by atoms with Crippen molar-refractivity contribution in [2.45, 2.75) is 0 Å². The fourth-order valence-electron chi connectivity index (χ4n) is 0.972. The zero-order valence-corrected chi connectivity index (χ0v) is 7.19. The van der Waals surface area contributed by atoms with Crippen LogP contribution in [0.5, 0.6) is 5.75 Å². The molecule has 1 aromatic carbocycles. The zero-order valence-electron chi connectivity index (χ0n) is 6.38. The van der Waals surface area contributed by atoms with Crippen LogP contribution in [0.15, 0.2) is 24.3 Å². The second kappa shape index (κ2) is 2.59. The maximum absolute atomic E-state index is 10.9. The van der Waals surface area contributed by atoms with Crippen molar-refractivity contribution in [1.29, 1.82) is 0 Å². The highest BCUT2D eigenvalue weighted by Gasteiger charge is 2.30. The Labute approximate surface area is 74.5 Å². The van der Waals surface area contributed by atoms with Gasteiger partial charge < -0.3 is 4.89 Å². The van der Waals surface area contributed by atoms with Crippen molar-refractivity contribution in [3.63, 3.8) is 0 Å². The highest BCUT2D eigenvalue weighted by molar-refractivity contribution is 7.90. The lowest BCUT2D eigenvalue weighted by atomic mass is 10.3. The molecule has 1 aliphatic rings. The SMILES string of the molecule is NS(=O)(=O)N1OOc2ccccc21. The third kappa shape index (κ3) is 1.32. The number of hydrogen-bond acceptors (Lipinski definition) is 4. The van der Waals surface area contributed by atoms with E-state index in [-0.39, 0.29) is 5.69 Å². The fourth-order valence-corrected chi connectivity index (χ4v) is 1.51. The van der Waals surface area contributed by atoms with Crippen LogP contribution in [-0.2, 0) is 15.2 Å². The van der Waals surface area contributed by atoms with E-state index in [9.17, 15) is 8.42 Å². The summed E-state index contributed by atoms with van der Waals surface area (Å²) in [5.74, 6) is 0.316. The number of fused-ring (bicyclic) bond motifs is 1. The summed E-state index contributed by atoms with van der Waals surface area (Å²) in [5, 5.41) is 4.85. The third-order valence-electron chi connectivity index (χ3n) is 1.49. The number of rotatable bonds is 1. The highest BCUT2D eigenvalue weighted by atomic mass is 32.2. The van der Waals surface area contributed by atoms with Crippen molar-refractivity contribution in [3.8, 4) is 5.75 Å². The summed E-state index contributed by atoms with van der Waals surface area (Å²) in [5.41, 5.74) is 0.269. The van der Waals surface area contributed by atoms with Gasteiger partial charge >= 0.3 is 10.2 Å². The van der Waals surface area contributed by atoms with E-state index >= 15 is 0 Å². The van der Waals surface area contributed by atoms with E-state index in [0.717, 1.165) is 0 Å². The molecule has 0 saturated heterocycles. The lowest BCUT2D eigenvalue weighted by molar-refractivity contribution is -0.181. The molecular weight excluding hydrogens is 196 g/mol. The van der Waals surface area contributed by atoms with Gasteiger partial charge in [-0.05, 0) is 17.1 Å². The number of para-hydroxylation sites is 2. The third-order valence-corrected chi connectivity index (χ3v) is 2.21. The molecule has 0 unspecified atom stereocenters. The van der Waals surface area contributed by atoms with E-state index in [1.807, 2.05) is 0 Å². The molecule has 1 heterocycles. The van der Waals surface area contributed by atoms with Crippen LogP contribution in [0.3, 0.4) is 0 Å². The van der Waals surface area contributed by atoms with Gasteiger partial charge in [0, 0.05) is 0 Å². The van der Waals surface area contributed by atoms with E-state index in [0.29, 0.717) is 10.2 Å². The predicted octanol–water partition coefficient (Wildman–Crippen LogP) is -0.0645. The average molecular weight is 202 g/mol. The Morgan fingerprint density at radius 3 is 2.69 bits per heavy atom. The maximum atomic E-state index is 10.9. The molecule has 1 aromatic rings. The molecule has 70 valence electrons. The summed E-state index contributed by atoms with van der Waals surface area (Å²) < 4.78 is 22.3. The normalized spacial score (nSPS) is 15.3. The number of hydrogen-bond donors (Lipinski definition) is 1. The summed E-state index contributed by atoms with van der Waals surface area (Å²) >= 11 is 0. The van der Waals surface area contributed by atoms with Crippen LogP contribution in [0.4, 0.5) is 5.69 Å². The van der Waals surface area contributed by atoms with Crippen LogP contribution in [0.25, 0.3) is 0 Å². The first-order chi connectivity index (χ1) is 6.09. The molecule has 13 heavy (non-hydrogen) atoms. The smallest absolute Gasteiger partial charge is 0.311 e. The summed E-state index contributed by atoms with van der Waals surface area (Å²) in [6.45, 7) is 0. The van der Waals surface area contributed by atoms with Gasteiger partial charge in [0.25, 0.3) is 0 Å². The summed E-state index contributed by atoms with van der Waals surface area (Å²) in [6, 6.07) is 6.43. The Bertz CT molecular complexity index is 430. The van der Waals surface area contributed by atoms with Crippen LogP contribution in [-0.4, -0.2) is 8.42 Å². The molecule has 0 atom stereocenters. The van der Waals surface area contributed by atoms with Crippen LogP contribution >= 0.6 is 0 Å². The van der Waals surface area contributed by atoms with Crippen molar-refractivity contribution in [1.82, 2.24) is 0 Å². The van der Waals surface area contributed by atoms with Gasteiger partial charge in [0.1, 0.15) is 5.69 Å². The van der Waals surface area contributed by atoms with E-state index in [1.54, 1.807) is 18.2 Å². The second-order valence-electron chi connectivity index (χ2n) is 2.40. The lowest BCUT2D eigenvalue weighted by Crippen LogP contribution is -2.34. The van der Waals surface area contributed by atoms with E-state index in [2.05, 4.69) is 9.88 Å². The standard InChI is InChI=1S/C6H6N2O4S/c7-13(9,10)8-5-3-1-2-4-6(5)11-12-8/h1-4H,(H2,7,9,10). The lowest BCUT2D eigenvalue weighted by Gasteiger charge is -2.08. The molecule has 0 spiro atoms. The Balaban J connectivity index is 2.51. The van der Waals surface area contributed by atoms with Crippen molar-refractivity contribution in [3.05, 3.63) is 24.3 Å². The molecule has 7 heteroatoms. The Morgan fingerprint density at radius 1 is 1.31 bits per heavy atom. The zero-order chi connectivity index (χ0) is 9.47. The summed E-state index contributed by atoms with van der Waals surface area (Å²) in [6.07, 6.45) is 0. The van der Waals surface area contributed by atoms with E-state index in [1.165, 1.54) is 6.07 Å². The summed E-state index contributed by atoms with van der Waals surface area (Å²) in [7, 11) is -3.93. The van der Waals surface area contributed by atoms with Crippen molar-refractivity contribution < 1.29 is 18.3 Å².